The molecule has 0 bridgehead atoms. The maximum absolute atomic E-state index is 13.2. The number of thioether (sulfide) groups is 1. The molecule has 1 aliphatic carbocycles. The van der Waals surface area contributed by atoms with Crippen LogP contribution in [0.4, 0.5) is 18.0 Å². The summed E-state index contributed by atoms with van der Waals surface area (Å²) in [7, 11) is 0. The number of carbonyl (C=O) groups is 1. The number of likely N-dealkylation sites (tertiary alicyclic amines) is 1. The van der Waals surface area contributed by atoms with Gasteiger partial charge in [0, 0.05) is 37.3 Å². The molecule has 4 rings (SSSR count). The summed E-state index contributed by atoms with van der Waals surface area (Å²) in [6.45, 7) is 3.61. The van der Waals surface area contributed by atoms with Crippen LogP contribution in [0.2, 0.25) is 0 Å². The Bertz CT molecular complexity index is 731. The smallest absolute Gasteiger partial charge is 0.378 e. The van der Waals surface area contributed by atoms with Crippen LogP contribution in [0.3, 0.4) is 0 Å². The molecule has 1 aromatic carbocycles. The molecule has 1 saturated carbocycles. The van der Waals surface area contributed by atoms with E-state index in [0.29, 0.717) is 38.8 Å². The van der Waals surface area contributed by atoms with Crippen LogP contribution < -0.4 is 0 Å². The van der Waals surface area contributed by atoms with E-state index in [9.17, 15) is 18.0 Å². The molecule has 8 heteroatoms. The van der Waals surface area contributed by atoms with Crippen molar-refractivity contribution < 1.29 is 22.7 Å². The van der Waals surface area contributed by atoms with Gasteiger partial charge in [0.25, 0.3) is 0 Å². The van der Waals surface area contributed by atoms with E-state index in [1.807, 2.05) is 21.6 Å². The topological polar surface area (TPSA) is 32.8 Å². The zero-order valence-electron chi connectivity index (χ0n) is 17.8. The average molecular weight is 457 g/mol. The lowest BCUT2D eigenvalue weighted by Crippen LogP contribution is -2.52. The Balaban J connectivity index is 1.47. The molecule has 3 fully saturated rings. The van der Waals surface area contributed by atoms with Crippen LogP contribution in [-0.2, 0) is 10.9 Å². The van der Waals surface area contributed by atoms with Gasteiger partial charge in [-0.25, -0.2) is 4.79 Å². The largest absolute Gasteiger partial charge is 0.416 e. The van der Waals surface area contributed by atoms with E-state index in [2.05, 4.69) is 0 Å². The van der Waals surface area contributed by atoms with Gasteiger partial charge in [0.2, 0.25) is 0 Å². The van der Waals surface area contributed by atoms with Crippen molar-refractivity contribution in [3.8, 4) is 0 Å². The fourth-order valence-corrected chi connectivity index (χ4v) is 6.40. The highest BCUT2D eigenvalue weighted by Gasteiger charge is 2.35. The minimum Gasteiger partial charge on any atom is -0.378 e. The van der Waals surface area contributed by atoms with Gasteiger partial charge in [-0.3, -0.25) is 0 Å². The second-order valence-corrected chi connectivity index (χ2v) is 10.3. The predicted molar refractivity (Wildman–Crippen MR) is 116 cm³/mol. The molecule has 2 atom stereocenters. The van der Waals surface area contributed by atoms with Crippen molar-refractivity contribution in [2.75, 3.05) is 45.1 Å². The summed E-state index contributed by atoms with van der Waals surface area (Å²) in [5, 5.41) is 0.717. The van der Waals surface area contributed by atoms with E-state index in [0.717, 1.165) is 29.5 Å². The fraction of sp³-hybridized carbons (Fsp3) is 0.696. The number of piperidine rings is 1. The summed E-state index contributed by atoms with van der Waals surface area (Å²) in [5.74, 6) is 1.43. The minimum atomic E-state index is -4.33. The molecule has 172 valence electrons. The number of ether oxygens (including phenoxy) is 1. The third kappa shape index (κ3) is 5.89. The van der Waals surface area contributed by atoms with Crippen LogP contribution in [-0.4, -0.2) is 66.2 Å². The molecule has 2 aliphatic heterocycles. The van der Waals surface area contributed by atoms with E-state index < -0.39 is 11.7 Å². The molecule has 1 aromatic rings. The zero-order chi connectivity index (χ0) is 21.8. The third-order valence-corrected chi connectivity index (χ3v) is 8.28. The number of benzene rings is 1. The number of alkyl halides is 3. The summed E-state index contributed by atoms with van der Waals surface area (Å²) in [5.41, 5.74) is 0.269. The fourth-order valence-electron chi connectivity index (χ4n) is 4.95. The lowest BCUT2D eigenvalue weighted by Gasteiger charge is -2.41. The van der Waals surface area contributed by atoms with Gasteiger partial charge in [-0.1, -0.05) is 25.0 Å². The van der Waals surface area contributed by atoms with Crippen molar-refractivity contribution >= 4 is 17.8 Å². The lowest BCUT2D eigenvalue weighted by molar-refractivity contribution is -0.137. The van der Waals surface area contributed by atoms with Gasteiger partial charge in [-0.05, 0) is 48.6 Å². The van der Waals surface area contributed by atoms with Crippen molar-refractivity contribution in [3.05, 3.63) is 35.4 Å². The molecular weight excluding hydrogens is 425 g/mol. The van der Waals surface area contributed by atoms with Gasteiger partial charge in [0.05, 0.1) is 18.8 Å². The molecule has 2 heterocycles. The number of amides is 2. The molecule has 0 spiro atoms. The number of morpholine rings is 1. The average Bonchev–Trinajstić information content (AvgIpc) is 3.31. The summed E-state index contributed by atoms with van der Waals surface area (Å²) in [6, 6.07) is 5.56. The second kappa shape index (κ2) is 10.0. The van der Waals surface area contributed by atoms with Crippen molar-refractivity contribution in [2.24, 2.45) is 5.92 Å². The zero-order valence-corrected chi connectivity index (χ0v) is 18.6. The van der Waals surface area contributed by atoms with Gasteiger partial charge in [-0.15, -0.1) is 0 Å². The normalized spacial score (nSPS) is 25.8. The van der Waals surface area contributed by atoms with Crippen molar-refractivity contribution in [2.45, 2.75) is 49.4 Å². The SMILES string of the molecule is O=C(N1CCOCC1)N1CC(CSC2CCCC2)CC(c2ccc(C(F)(F)F)cc2)C1. The summed E-state index contributed by atoms with van der Waals surface area (Å²) < 4.78 is 44.3. The van der Waals surface area contributed by atoms with E-state index in [-0.39, 0.29) is 11.9 Å². The van der Waals surface area contributed by atoms with Gasteiger partial charge in [0.1, 0.15) is 0 Å². The van der Waals surface area contributed by atoms with Gasteiger partial charge < -0.3 is 14.5 Å². The Hall–Kier alpha value is -1.41. The highest BCUT2D eigenvalue weighted by Crippen LogP contribution is 2.37. The summed E-state index contributed by atoms with van der Waals surface area (Å²) in [4.78, 5) is 16.9. The molecule has 0 N–H and O–H groups in total. The summed E-state index contributed by atoms with van der Waals surface area (Å²) >= 11 is 2.02. The van der Waals surface area contributed by atoms with Crippen molar-refractivity contribution in [3.63, 3.8) is 0 Å². The maximum atomic E-state index is 13.2. The highest BCUT2D eigenvalue weighted by atomic mass is 32.2. The number of nitrogens with zero attached hydrogens (tertiary/aromatic N) is 2. The maximum Gasteiger partial charge on any atom is 0.416 e. The first-order valence-corrected chi connectivity index (χ1v) is 12.4. The Morgan fingerprint density at radius 3 is 2.35 bits per heavy atom. The van der Waals surface area contributed by atoms with Crippen LogP contribution in [0.15, 0.2) is 24.3 Å². The Morgan fingerprint density at radius 2 is 1.71 bits per heavy atom. The predicted octanol–water partition coefficient (Wildman–Crippen LogP) is 5.24. The molecular formula is C23H31F3N2O2S. The molecule has 2 saturated heterocycles. The summed E-state index contributed by atoms with van der Waals surface area (Å²) in [6.07, 6.45) is 1.74. The van der Waals surface area contributed by atoms with Gasteiger partial charge >= 0.3 is 12.2 Å². The van der Waals surface area contributed by atoms with E-state index >= 15 is 0 Å². The van der Waals surface area contributed by atoms with E-state index in [1.165, 1.54) is 37.8 Å². The number of carbonyl (C=O) groups excluding carboxylic acids is 1. The van der Waals surface area contributed by atoms with Crippen LogP contribution in [0, 0.1) is 5.92 Å². The monoisotopic (exact) mass is 456 g/mol. The standard InChI is InChI=1S/C23H31F3N2O2S/c24-23(25,26)20-7-5-18(6-8-20)19-13-17(16-31-21-3-1-2-4-21)14-28(15-19)22(29)27-9-11-30-12-10-27/h5-8,17,19,21H,1-4,9-16H2. The Morgan fingerprint density at radius 1 is 1.03 bits per heavy atom. The van der Waals surface area contributed by atoms with Crippen LogP contribution in [0.5, 0.6) is 0 Å². The van der Waals surface area contributed by atoms with E-state index in [4.69, 9.17) is 4.74 Å². The number of rotatable bonds is 4. The van der Waals surface area contributed by atoms with Crippen LogP contribution >= 0.6 is 11.8 Å². The molecule has 4 nitrogen and oxygen atoms in total. The van der Waals surface area contributed by atoms with Gasteiger partial charge in [-0.2, -0.15) is 24.9 Å². The third-order valence-electron chi connectivity index (χ3n) is 6.67. The molecule has 2 amide bonds. The number of halogens is 3. The number of urea groups is 1. The highest BCUT2D eigenvalue weighted by molar-refractivity contribution is 7.99. The molecule has 2 unspecified atom stereocenters. The Kier molecular flexibility index (Phi) is 7.37. The minimum absolute atomic E-state index is 0.0378. The van der Waals surface area contributed by atoms with Crippen molar-refractivity contribution in [1.29, 1.82) is 0 Å². The molecule has 0 aromatic heterocycles. The molecule has 31 heavy (non-hydrogen) atoms. The van der Waals surface area contributed by atoms with E-state index in [1.54, 1.807) is 12.1 Å². The van der Waals surface area contributed by atoms with Crippen molar-refractivity contribution in [1.82, 2.24) is 9.80 Å². The first kappa shape index (κ1) is 22.8. The molecule has 0 radical (unpaired) electrons. The first-order valence-electron chi connectivity index (χ1n) is 11.3. The lowest BCUT2D eigenvalue weighted by atomic mass is 9.85. The quantitative estimate of drug-likeness (QED) is 0.621. The van der Waals surface area contributed by atoms with Crippen LogP contribution in [0.1, 0.15) is 49.1 Å². The molecule has 3 aliphatic rings. The number of hydrogen-bond acceptors (Lipinski definition) is 3. The first-order chi connectivity index (χ1) is 14.9. The Labute approximate surface area is 186 Å². The van der Waals surface area contributed by atoms with Crippen LogP contribution in [0.25, 0.3) is 0 Å². The number of hydrogen-bond donors (Lipinski definition) is 0. The second-order valence-electron chi connectivity index (χ2n) is 8.95. The van der Waals surface area contributed by atoms with Gasteiger partial charge in [0.15, 0.2) is 0 Å².